The highest BCUT2D eigenvalue weighted by molar-refractivity contribution is 5.96. The molecule has 1 fully saturated rings. The number of rotatable bonds is 6. The van der Waals surface area contributed by atoms with Crippen LogP contribution in [0, 0.1) is 12.7 Å². The van der Waals surface area contributed by atoms with Crippen molar-refractivity contribution in [1.82, 2.24) is 4.90 Å². The minimum Gasteiger partial charge on any atom is -0.496 e. The van der Waals surface area contributed by atoms with Crippen molar-refractivity contribution >= 4 is 5.91 Å². The van der Waals surface area contributed by atoms with Crippen LogP contribution in [0.3, 0.4) is 0 Å². The van der Waals surface area contributed by atoms with Gasteiger partial charge < -0.3 is 19.1 Å². The minimum atomic E-state index is -0.285. The van der Waals surface area contributed by atoms with Crippen LogP contribution < -0.4 is 4.74 Å². The van der Waals surface area contributed by atoms with Crippen LogP contribution in [0.5, 0.6) is 5.75 Å². The number of morpholine rings is 1. The standard InChI is InChI=1S/C21H24FNO4/c1-15-18(7-5-9-20(15)25-2)21(24)23-10-11-27-17(12-23)14-26-13-16-6-3-4-8-19(16)22/h3-9,17H,10-14H2,1-2H3. The zero-order chi connectivity index (χ0) is 19.2. The molecule has 0 spiro atoms. The molecule has 3 rings (SSSR count). The molecule has 1 aliphatic heterocycles. The van der Waals surface area contributed by atoms with E-state index in [-0.39, 0.29) is 24.4 Å². The zero-order valence-corrected chi connectivity index (χ0v) is 15.6. The number of benzene rings is 2. The third-order valence-electron chi connectivity index (χ3n) is 4.68. The van der Waals surface area contributed by atoms with E-state index in [4.69, 9.17) is 14.2 Å². The Kier molecular flexibility index (Phi) is 6.42. The Morgan fingerprint density at radius 3 is 2.85 bits per heavy atom. The summed E-state index contributed by atoms with van der Waals surface area (Å²) in [6, 6.07) is 12.0. The number of hydrogen-bond donors (Lipinski definition) is 0. The number of ether oxygens (including phenoxy) is 3. The van der Waals surface area contributed by atoms with Crippen molar-refractivity contribution in [2.24, 2.45) is 0 Å². The predicted octanol–water partition coefficient (Wildman–Crippen LogP) is 3.20. The Balaban J connectivity index is 1.57. The maximum Gasteiger partial charge on any atom is 0.254 e. The first-order valence-corrected chi connectivity index (χ1v) is 8.95. The number of carbonyl (C=O) groups is 1. The molecule has 0 aliphatic carbocycles. The summed E-state index contributed by atoms with van der Waals surface area (Å²) in [6.45, 7) is 3.76. The van der Waals surface area contributed by atoms with Crippen molar-refractivity contribution in [3.63, 3.8) is 0 Å². The van der Waals surface area contributed by atoms with Gasteiger partial charge in [-0.15, -0.1) is 0 Å². The van der Waals surface area contributed by atoms with Gasteiger partial charge in [-0.1, -0.05) is 24.3 Å². The van der Waals surface area contributed by atoms with Crippen molar-refractivity contribution in [1.29, 1.82) is 0 Å². The smallest absolute Gasteiger partial charge is 0.254 e. The molecule has 6 heteroatoms. The third kappa shape index (κ3) is 4.64. The van der Waals surface area contributed by atoms with Gasteiger partial charge in [-0.2, -0.15) is 0 Å². The average molecular weight is 373 g/mol. The predicted molar refractivity (Wildman–Crippen MR) is 99.4 cm³/mol. The molecule has 1 aliphatic rings. The van der Waals surface area contributed by atoms with Crippen molar-refractivity contribution in [3.8, 4) is 5.75 Å². The van der Waals surface area contributed by atoms with Gasteiger partial charge in [-0.3, -0.25) is 4.79 Å². The largest absolute Gasteiger partial charge is 0.496 e. The lowest BCUT2D eigenvalue weighted by molar-refractivity contribution is -0.0650. The SMILES string of the molecule is COc1cccc(C(=O)N2CCOC(COCc3ccccc3F)C2)c1C. The van der Waals surface area contributed by atoms with Gasteiger partial charge in [0.25, 0.3) is 5.91 Å². The summed E-state index contributed by atoms with van der Waals surface area (Å²) in [5.74, 6) is 0.361. The molecule has 1 unspecified atom stereocenters. The highest BCUT2D eigenvalue weighted by Crippen LogP contribution is 2.23. The Morgan fingerprint density at radius 2 is 2.07 bits per heavy atom. The van der Waals surface area contributed by atoms with E-state index < -0.39 is 0 Å². The Morgan fingerprint density at radius 1 is 1.26 bits per heavy atom. The van der Waals surface area contributed by atoms with Gasteiger partial charge in [0.1, 0.15) is 11.6 Å². The van der Waals surface area contributed by atoms with Crippen molar-refractivity contribution in [2.45, 2.75) is 19.6 Å². The van der Waals surface area contributed by atoms with E-state index in [9.17, 15) is 9.18 Å². The van der Waals surface area contributed by atoms with E-state index in [1.165, 1.54) is 6.07 Å². The lowest BCUT2D eigenvalue weighted by atomic mass is 10.1. The first kappa shape index (κ1) is 19.3. The number of methoxy groups -OCH3 is 1. The summed E-state index contributed by atoms with van der Waals surface area (Å²) in [6.07, 6.45) is -0.236. The van der Waals surface area contributed by atoms with E-state index in [1.807, 2.05) is 19.1 Å². The van der Waals surface area contributed by atoms with Crippen LogP contribution in [0.4, 0.5) is 4.39 Å². The Bertz CT molecular complexity index is 796. The molecular weight excluding hydrogens is 349 g/mol. The van der Waals surface area contributed by atoms with Crippen LogP contribution in [-0.2, 0) is 16.1 Å². The molecule has 0 N–H and O–H groups in total. The first-order chi connectivity index (χ1) is 13.1. The fourth-order valence-corrected chi connectivity index (χ4v) is 3.16. The van der Waals surface area contributed by atoms with Crippen LogP contribution in [-0.4, -0.2) is 50.3 Å². The highest BCUT2D eigenvalue weighted by Gasteiger charge is 2.26. The number of halogens is 1. The van der Waals surface area contributed by atoms with Crippen LogP contribution in [0.2, 0.25) is 0 Å². The average Bonchev–Trinajstić information content (AvgIpc) is 2.69. The fourth-order valence-electron chi connectivity index (χ4n) is 3.16. The lowest BCUT2D eigenvalue weighted by Gasteiger charge is -2.33. The summed E-state index contributed by atoms with van der Waals surface area (Å²) in [5, 5.41) is 0. The Hall–Kier alpha value is -2.44. The molecule has 1 atom stereocenters. The van der Waals surface area contributed by atoms with Gasteiger partial charge in [0.15, 0.2) is 0 Å². The molecule has 1 amide bonds. The van der Waals surface area contributed by atoms with Crippen molar-refractivity contribution in [3.05, 3.63) is 65.0 Å². The molecule has 27 heavy (non-hydrogen) atoms. The number of carbonyl (C=O) groups excluding carboxylic acids is 1. The van der Waals surface area contributed by atoms with Crippen molar-refractivity contribution in [2.75, 3.05) is 33.4 Å². The summed E-state index contributed by atoms with van der Waals surface area (Å²) in [5.41, 5.74) is 1.96. The Labute approximate surface area is 158 Å². The van der Waals surface area contributed by atoms with Gasteiger partial charge in [0.2, 0.25) is 0 Å². The van der Waals surface area contributed by atoms with E-state index >= 15 is 0 Å². The maximum absolute atomic E-state index is 13.6. The second-order valence-electron chi connectivity index (χ2n) is 6.48. The van der Waals surface area contributed by atoms with Gasteiger partial charge in [-0.05, 0) is 25.1 Å². The number of nitrogens with zero attached hydrogens (tertiary/aromatic N) is 1. The summed E-state index contributed by atoms with van der Waals surface area (Å²) in [7, 11) is 1.59. The first-order valence-electron chi connectivity index (χ1n) is 8.95. The molecule has 2 aromatic rings. The highest BCUT2D eigenvalue weighted by atomic mass is 19.1. The summed E-state index contributed by atoms with van der Waals surface area (Å²) < 4.78 is 30.3. The second kappa shape index (κ2) is 8.97. The van der Waals surface area contributed by atoms with Crippen LogP contribution in [0.15, 0.2) is 42.5 Å². The maximum atomic E-state index is 13.6. The quantitative estimate of drug-likeness (QED) is 0.780. The molecule has 1 saturated heterocycles. The summed E-state index contributed by atoms with van der Waals surface area (Å²) >= 11 is 0. The molecule has 144 valence electrons. The van der Waals surface area contributed by atoms with E-state index in [2.05, 4.69) is 0 Å². The molecule has 5 nitrogen and oxygen atoms in total. The number of hydrogen-bond acceptors (Lipinski definition) is 4. The topological polar surface area (TPSA) is 48.0 Å². The molecule has 1 heterocycles. The fraction of sp³-hybridized carbons (Fsp3) is 0.381. The van der Waals surface area contributed by atoms with Crippen LogP contribution in [0.25, 0.3) is 0 Å². The third-order valence-corrected chi connectivity index (χ3v) is 4.68. The van der Waals surface area contributed by atoms with E-state index in [0.29, 0.717) is 43.2 Å². The van der Waals surface area contributed by atoms with E-state index in [1.54, 1.807) is 36.3 Å². The van der Waals surface area contributed by atoms with Gasteiger partial charge >= 0.3 is 0 Å². The zero-order valence-electron chi connectivity index (χ0n) is 15.6. The van der Waals surface area contributed by atoms with Gasteiger partial charge in [0, 0.05) is 29.8 Å². The monoisotopic (exact) mass is 373 g/mol. The normalized spacial score (nSPS) is 17.0. The molecule has 0 bridgehead atoms. The lowest BCUT2D eigenvalue weighted by Crippen LogP contribution is -2.47. The van der Waals surface area contributed by atoms with Crippen LogP contribution in [0.1, 0.15) is 21.5 Å². The second-order valence-corrected chi connectivity index (χ2v) is 6.48. The molecule has 2 aromatic carbocycles. The number of amides is 1. The molecular formula is C21H24FNO4. The molecule has 0 saturated carbocycles. The van der Waals surface area contributed by atoms with Gasteiger partial charge in [0.05, 0.1) is 33.0 Å². The molecule has 0 aromatic heterocycles. The van der Waals surface area contributed by atoms with Crippen LogP contribution >= 0.6 is 0 Å². The van der Waals surface area contributed by atoms with E-state index in [0.717, 1.165) is 5.56 Å². The minimum absolute atomic E-state index is 0.0474. The summed E-state index contributed by atoms with van der Waals surface area (Å²) in [4.78, 5) is 14.7. The molecule has 0 radical (unpaired) electrons. The van der Waals surface area contributed by atoms with Crippen molar-refractivity contribution < 1.29 is 23.4 Å². The van der Waals surface area contributed by atoms with Gasteiger partial charge in [-0.25, -0.2) is 4.39 Å².